The van der Waals surface area contributed by atoms with Gasteiger partial charge >= 0.3 is 0 Å². The number of imidazole rings is 1. The Morgan fingerprint density at radius 2 is 2.28 bits per heavy atom. The Bertz CT molecular complexity index is 576. The van der Waals surface area contributed by atoms with Crippen LogP contribution in [0.1, 0.15) is 26.2 Å². The van der Waals surface area contributed by atoms with Gasteiger partial charge in [0.1, 0.15) is 0 Å². The maximum atomic E-state index is 6.28. The number of benzene rings is 1. The molecule has 0 aliphatic heterocycles. The van der Waals surface area contributed by atoms with E-state index in [2.05, 4.69) is 16.5 Å². The van der Waals surface area contributed by atoms with Gasteiger partial charge in [-0.25, -0.2) is 4.98 Å². The van der Waals surface area contributed by atoms with Gasteiger partial charge in [-0.2, -0.15) is 0 Å². The number of para-hydroxylation sites is 1. The van der Waals surface area contributed by atoms with Crippen LogP contribution in [0, 0.1) is 11.8 Å². The number of aromatic nitrogens is 2. The van der Waals surface area contributed by atoms with Crippen LogP contribution in [0.25, 0.3) is 11.0 Å². The summed E-state index contributed by atoms with van der Waals surface area (Å²) >= 11 is 6.28. The number of anilines is 1. The minimum Gasteiger partial charge on any atom is -0.369 e. The molecule has 3 nitrogen and oxygen atoms in total. The largest absolute Gasteiger partial charge is 0.369 e. The lowest BCUT2D eigenvalue weighted by Crippen LogP contribution is -2.15. The molecule has 2 atom stereocenters. The molecule has 2 aromatic rings. The summed E-state index contributed by atoms with van der Waals surface area (Å²) in [4.78, 5) is 4.40. The molecular formula is C14H18ClN3. The Hall–Kier alpha value is -1.22. The van der Waals surface area contributed by atoms with Crippen molar-refractivity contribution in [3.63, 3.8) is 0 Å². The standard InChI is InChI=1S/C14H18ClN3/c1-9-4-2-5-10(9)8-18-13-11(15)6-3-7-12(13)17-14(18)16/h3,6-7,9-10H,2,4-5,8H2,1H3,(H2,16,17). The summed E-state index contributed by atoms with van der Waals surface area (Å²) in [6, 6.07) is 5.78. The van der Waals surface area contributed by atoms with E-state index >= 15 is 0 Å². The smallest absolute Gasteiger partial charge is 0.201 e. The molecule has 1 aromatic carbocycles. The molecule has 1 fully saturated rings. The van der Waals surface area contributed by atoms with Crippen molar-refractivity contribution in [1.82, 2.24) is 9.55 Å². The first-order valence-electron chi connectivity index (χ1n) is 6.57. The molecule has 1 heterocycles. The molecule has 0 saturated heterocycles. The molecule has 1 saturated carbocycles. The first-order valence-corrected chi connectivity index (χ1v) is 6.95. The van der Waals surface area contributed by atoms with E-state index < -0.39 is 0 Å². The van der Waals surface area contributed by atoms with Crippen molar-refractivity contribution in [3.8, 4) is 0 Å². The third-order valence-corrected chi connectivity index (χ3v) is 4.51. The van der Waals surface area contributed by atoms with Gasteiger partial charge in [0, 0.05) is 6.54 Å². The average Bonchev–Trinajstić information content (AvgIpc) is 2.86. The summed E-state index contributed by atoms with van der Waals surface area (Å²) < 4.78 is 2.09. The van der Waals surface area contributed by atoms with Gasteiger partial charge in [-0.05, 0) is 30.4 Å². The molecule has 0 spiro atoms. The fourth-order valence-electron chi connectivity index (χ4n) is 3.07. The Morgan fingerprint density at radius 1 is 1.44 bits per heavy atom. The number of halogens is 1. The molecule has 3 rings (SSSR count). The summed E-state index contributed by atoms with van der Waals surface area (Å²) in [5.41, 5.74) is 7.92. The normalized spacial score (nSPS) is 23.9. The summed E-state index contributed by atoms with van der Waals surface area (Å²) in [7, 11) is 0. The average molecular weight is 264 g/mol. The molecule has 2 unspecified atom stereocenters. The third-order valence-electron chi connectivity index (χ3n) is 4.20. The number of fused-ring (bicyclic) bond motifs is 1. The molecule has 0 bridgehead atoms. The Labute approximate surface area is 112 Å². The van der Waals surface area contributed by atoms with Gasteiger partial charge in [-0.1, -0.05) is 37.4 Å². The Morgan fingerprint density at radius 3 is 3.00 bits per heavy atom. The molecule has 1 aliphatic rings. The zero-order chi connectivity index (χ0) is 12.7. The number of nitrogens with two attached hydrogens (primary N) is 1. The van der Waals surface area contributed by atoms with Crippen LogP contribution in [0.2, 0.25) is 5.02 Å². The van der Waals surface area contributed by atoms with Gasteiger partial charge in [0.2, 0.25) is 5.95 Å². The molecule has 4 heteroatoms. The van der Waals surface area contributed by atoms with E-state index in [1.807, 2.05) is 18.2 Å². The van der Waals surface area contributed by atoms with Gasteiger partial charge in [0.15, 0.2) is 0 Å². The van der Waals surface area contributed by atoms with Crippen molar-refractivity contribution in [1.29, 1.82) is 0 Å². The first kappa shape index (κ1) is 11.8. The monoisotopic (exact) mass is 263 g/mol. The van der Waals surface area contributed by atoms with Crippen LogP contribution in [-0.2, 0) is 6.54 Å². The van der Waals surface area contributed by atoms with Crippen molar-refractivity contribution in [2.45, 2.75) is 32.7 Å². The SMILES string of the molecule is CC1CCCC1Cn1c(N)nc2cccc(Cl)c21. The summed E-state index contributed by atoms with van der Waals surface area (Å²) in [6.07, 6.45) is 3.93. The molecule has 1 aliphatic carbocycles. The van der Waals surface area contributed by atoms with Crippen molar-refractivity contribution >= 4 is 28.6 Å². The van der Waals surface area contributed by atoms with Crippen LogP contribution in [0.15, 0.2) is 18.2 Å². The minimum atomic E-state index is 0.581. The van der Waals surface area contributed by atoms with Gasteiger partial charge in [0.05, 0.1) is 16.1 Å². The predicted octanol–water partition coefficient (Wildman–Crippen LogP) is 3.71. The van der Waals surface area contributed by atoms with E-state index in [9.17, 15) is 0 Å². The van der Waals surface area contributed by atoms with Gasteiger partial charge in [-0.3, -0.25) is 0 Å². The molecule has 0 amide bonds. The lowest BCUT2D eigenvalue weighted by atomic mass is 9.98. The van der Waals surface area contributed by atoms with Gasteiger partial charge in [-0.15, -0.1) is 0 Å². The van der Waals surface area contributed by atoms with Gasteiger partial charge < -0.3 is 10.3 Å². The highest BCUT2D eigenvalue weighted by atomic mass is 35.5. The van der Waals surface area contributed by atoms with Crippen LogP contribution >= 0.6 is 11.6 Å². The van der Waals surface area contributed by atoms with Crippen molar-refractivity contribution < 1.29 is 0 Å². The van der Waals surface area contributed by atoms with Crippen LogP contribution < -0.4 is 5.73 Å². The fraction of sp³-hybridized carbons (Fsp3) is 0.500. The Kier molecular flexibility index (Phi) is 2.94. The highest BCUT2D eigenvalue weighted by molar-refractivity contribution is 6.35. The number of rotatable bonds is 2. The minimum absolute atomic E-state index is 0.581. The zero-order valence-corrected chi connectivity index (χ0v) is 11.3. The van der Waals surface area contributed by atoms with E-state index in [1.165, 1.54) is 19.3 Å². The molecule has 18 heavy (non-hydrogen) atoms. The second kappa shape index (κ2) is 4.47. The van der Waals surface area contributed by atoms with Gasteiger partial charge in [0.25, 0.3) is 0 Å². The number of hydrogen-bond donors (Lipinski definition) is 1. The lowest BCUT2D eigenvalue weighted by molar-refractivity contribution is 0.370. The first-order chi connectivity index (χ1) is 8.66. The number of hydrogen-bond acceptors (Lipinski definition) is 2. The molecule has 1 aromatic heterocycles. The number of nitrogen functional groups attached to an aromatic ring is 1. The fourth-order valence-corrected chi connectivity index (χ4v) is 3.34. The molecular weight excluding hydrogens is 246 g/mol. The summed E-state index contributed by atoms with van der Waals surface area (Å²) in [5, 5.41) is 0.738. The van der Waals surface area contributed by atoms with Crippen molar-refractivity contribution in [2.24, 2.45) is 11.8 Å². The van der Waals surface area contributed by atoms with E-state index in [0.29, 0.717) is 11.9 Å². The molecule has 0 radical (unpaired) electrons. The Balaban J connectivity index is 2.03. The summed E-state index contributed by atoms with van der Waals surface area (Å²) in [6.45, 7) is 3.27. The van der Waals surface area contributed by atoms with E-state index in [1.54, 1.807) is 0 Å². The predicted molar refractivity (Wildman–Crippen MR) is 75.7 cm³/mol. The second-order valence-electron chi connectivity index (χ2n) is 5.36. The molecule has 2 N–H and O–H groups in total. The maximum Gasteiger partial charge on any atom is 0.201 e. The molecule has 96 valence electrons. The van der Waals surface area contributed by atoms with E-state index in [0.717, 1.165) is 28.5 Å². The maximum absolute atomic E-state index is 6.28. The van der Waals surface area contributed by atoms with E-state index in [4.69, 9.17) is 17.3 Å². The van der Waals surface area contributed by atoms with Crippen LogP contribution in [-0.4, -0.2) is 9.55 Å². The van der Waals surface area contributed by atoms with E-state index in [-0.39, 0.29) is 0 Å². The lowest BCUT2D eigenvalue weighted by Gasteiger charge is -2.17. The van der Waals surface area contributed by atoms with Crippen molar-refractivity contribution in [2.75, 3.05) is 5.73 Å². The highest BCUT2D eigenvalue weighted by Crippen LogP contribution is 2.35. The van der Waals surface area contributed by atoms with Crippen LogP contribution in [0.4, 0.5) is 5.95 Å². The van der Waals surface area contributed by atoms with Crippen LogP contribution in [0.3, 0.4) is 0 Å². The van der Waals surface area contributed by atoms with Crippen LogP contribution in [0.5, 0.6) is 0 Å². The number of nitrogens with zero attached hydrogens (tertiary/aromatic N) is 2. The third kappa shape index (κ3) is 1.87. The summed E-state index contributed by atoms with van der Waals surface area (Å²) in [5.74, 6) is 2.04. The van der Waals surface area contributed by atoms with Crippen molar-refractivity contribution in [3.05, 3.63) is 23.2 Å². The highest BCUT2D eigenvalue weighted by Gasteiger charge is 2.25. The quantitative estimate of drug-likeness (QED) is 0.898. The second-order valence-corrected chi connectivity index (χ2v) is 5.76. The topological polar surface area (TPSA) is 43.8 Å². The zero-order valence-electron chi connectivity index (χ0n) is 10.6.